The maximum atomic E-state index is 12.5. The van der Waals surface area contributed by atoms with Crippen LogP contribution < -0.4 is 10.1 Å². The predicted molar refractivity (Wildman–Crippen MR) is 148 cm³/mol. The lowest BCUT2D eigenvalue weighted by Gasteiger charge is -2.35. The molecule has 0 radical (unpaired) electrons. The summed E-state index contributed by atoms with van der Waals surface area (Å²) in [5.41, 5.74) is 3.09. The highest BCUT2D eigenvalue weighted by Crippen LogP contribution is 2.26. The molecule has 8 nitrogen and oxygen atoms in total. The molecule has 1 saturated heterocycles. The Morgan fingerprint density at radius 3 is 2.49 bits per heavy atom. The van der Waals surface area contributed by atoms with Crippen LogP contribution in [0.4, 0.5) is 0 Å². The fourth-order valence-corrected chi connectivity index (χ4v) is 4.82. The molecule has 198 valence electrons. The minimum Gasteiger partial charge on any atom is -0.497 e. The van der Waals surface area contributed by atoms with Crippen molar-refractivity contribution < 1.29 is 9.53 Å². The number of aromatic nitrogens is 3. The first-order valence-electron chi connectivity index (χ1n) is 13.2. The molecule has 1 N–H and O–H groups in total. The molecule has 0 spiro atoms. The zero-order valence-corrected chi connectivity index (χ0v) is 22.8. The molecule has 1 aromatic heterocycles. The molecule has 3 aromatic rings. The van der Waals surface area contributed by atoms with E-state index in [0.717, 1.165) is 29.8 Å². The van der Waals surface area contributed by atoms with Crippen LogP contribution in [-0.4, -0.2) is 83.4 Å². The fourth-order valence-electron chi connectivity index (χ4n) is 4.82. The molecule has 0 saturated carbocycles. The zero-order chi connectivity index (χ0) is 26.4. The normalized spacial score (nSPS) is 14.9. The van der Waals surface area contributed by atoms with Gasteiger partial charge in [-0.3, -0.25) is 4.79 Å². The van der Waals surface area contributed by atoms with Gasteiger partial charge in [0.15, 0.2) is 11.6 Å². The average Bonchev–Trinajstić information content (AvgIpc) is 3.31. The first-order chi connectivity index (χ1) is 17.8. The minimum absolute atomic E-state index is 0.0580. The van der Waals surface area contributed by atoms with Crippen LogP contribution in [-0.2, 0) is 17.8 Å². The largest absolute Gasteiger partial charge is 0.497 e. The van der Waals surface area contributed by atoms with Gasteiger partial charge in [-0.15, -0.1) is 5.10 Å². The Labute approximate surface area is 220 Å². The van der Waals surface area contributed by atoms with Crippen LogP contribution in [0.5, 0.6) is 5.75 Å². The summed E-state index contributed by atoms with van der Waals surface area (Å²) in [6.07, 6.45) is 3.51. The van der Waals surface area contributed by atoms with Gasteiger partial charge in [-0.2, -0.15) is 0 Å². The standard InChI is InChI=1S/C29H40N6O2/c1-21(2)30-27(36)20-35-29(24-7-6-8-26(19-24)37-5)31-28(32-35)23-11-9-22(10-12-23)13-16-34-17-14-25(15-18-34)33(3)4/h6-12,19,21,25H,13-18,20H2,1-5H3,(H,30,36). The number of nitrogens with zero attached hydrogens (tertiary/aromatic N) is 5. The average molecular weight is 505 g/mol. The Morgan fingerprint density at radius 2 is 1.84 bits per heavy atom. The van der Waals surface area contributed by atoms with E-state index in [1.807, 2.05) is 38.1 Å². The van der Waals surface area contributed by atoms with E-state index in [-0.39, 0.29) is 18.5 Å². The van der Waals surface area contributed by atoms with Crippen LogP contribution in [0, 0.1) is 0 Å². The van der Waals surface area contributed by atoms with Crippen molar-refractivity contribution in [2.24, 2.45) is 0 Å². The topological polar surface area (TPSA) is 75.5 Å². The Balaban J connectivity index is 1.48. The van der Waals surface area contributed by atoms with Crippen molar-refractivity contribution in [1.29, 1.82) is 0 Å². The number of likely N-dealkylation sites (tertiary alicyclic amines) is 1. The summed E-state index contributed by atoms with van der Waals surface area (Å²) in [4.78, 5) is 22.3. The second kappa shape index (κ2) is 12.3. The van der Waals surface area contributed by atoms with Gasteiger partial charge in [-0.05, 0) is 78.0 Å². The quantitative estimate of drug-likeness (QED) is 0.454. The Bertz CT molecular complexity index is 1160. The van der Waals surface area contributed by atoms with Crippen molar-refractivity contribution in [3.8, 4) is 28.5 Å². The Morgan fingerprint density at radius 1 is 1.11 bits per heavy atom. The number of nitrogens with one attached hydrogen (secondary N) is 1. The second-order valence-electron chi connectivity index (χ2n) is 10.4. The van der Waals surface area contributed by atoms with E-state index in [4.69, 9.17) is 14.8 Å². The van der Waals surface area contributed by atoms with Gasteiger partial charge in [0.05, 0.1) is 7.11 Å². The van der Waals surface area contributed by atoms with E-state index < -0.39 is 0 Å². The van der Waals surface area contributed by atoms with Gasteiger partial charge in [0, 0.05) is 29.8 Å². The van der Waals surface area contributed by atoms with Gasteiger partial charge in [0.1, 0.15) is 12.3 Å². The predicted octanol–water partition coefficient (Wildman–Crippen LogP) is 3.71. The Hall–Kier alpha value is -3.23. The number of amides is 1. The molecule has 0 atom stereocenters. The SMILES string of the molecule is COc1cccc(-c2nc(-c3ccc(CCN4CCC(N(C)C)CC4)cc3)nn2CC(=O)NC(C)C)c1. The van der Waals surface area contributed by atoms with Crippen molar-refractivity contribution in [3.63, 3.8) is 0 Å². The van der Waals surface area contributed by atoms with Gasteiger partial charge in [0.2, 0.25) is 5.91 Å². The number of carbonyl (C=O) groups is 1. The summed E-state index contributed by atoms with van der Waals surface area (Å²) >= 11 is 0. The molecule has 1 aliphatic heterocycles. The van der Waals surface area contributed by atoms with E-state index in [1.165, 1.54) is 31.5 Å². The van der Waals surface area contributed by atoms with Crippen molar-refractivity contribution in [3.05, 3.63) is 54.1 Å². The molecule has 0 unspecified atom stereocenters. The Kier molecular flexibility index (Phi) is 8.95. The molecule has 2 heterocycles. The summed E-state index contributed by atoms with van der Waals surface area (Å²) < 4.78 is 7.07. The highest BCUT2D eigenvalue weighted by atomic mass is 16.5. The van der Waals surface area contributed by atoms with E-state index in [1.54, 1.807) is 11.8 Å². The van der Waals surface area contributed by atoms with E-state index >= 15 is 0 Å². The van der Waals surface area contributed by atoms with E-state index in [2.05, 4.69) is 53.5 Å². The molecule has 37 heavy (non-hydrogen) atoms. The first-order valence-corrected chi connectivity index (χ1v) is 13.2. The number of piperidine rings is 1. The van der Waals surface area contributed by atoms with Gasteiger partial charge in [0.25, 0.3) is 0 Å². The smallest absolute Gasteiger partial charge is 0.242 e. The lowest BCUT2D eigenvalue weighted by Crippen LogP contribution is -2.42. The van der Waals surface area contributed by atoms with Crippen LogP contribution in [0.25, 0.3) is 22.8 Å². The summed E-state index contributed by atoms with van der Waals surface area (Å²) in [6, 6.07) is 16.9. The number of carbonyl (C=O) groups excluding carboxylic acids is 1. The van der Waals surface area contributed by atoms with Crippen LogP contribution >= 0.6 is 0 Å². The van der Waals surface area contributed by atoms with Gasteiger partial charge < -0.3 is 19.9 Å². The van der Waals surface area contributed by atoms with E-state index in [9.17, 15) is 4.79 Å². The number of hydrogen-bond acceptors (Lipinski definition) is 6. The summed E-state index contributed by atoms with van der Waals surface area (Å²) in [7, 11) is 6.00. The molecular weight excluding hydrogens is 464 g/mol. The van der Waals surface area contributed by atoms with Crippen LogP contribution in [0.2, 0.25) is 0 Å². The molecule has 1 aliphatic rings. The molecule has 1 amide bonds. The molecule has 1 fully saturated rings. The fraction of sp³-hybridized carbons (Fsp3) is 0.483. The molecule has 0 aliphatic carbocycles. The van der Waals surface area contributed by atoms with Crippen molar-refractivity contribution in [2.45, 2.75) is 51.7 Å². The van der Waals surface area contributed by atoms with Crippen LogP contribution in [0.3, 0.4) is 0 Å². The lowest BCUT2D eigenvalue weighted by atomic mass is 10.0. The molecule has 4 rings (SSSR count). The number of ether oxygens (including phenoxy) is 1. The third-order valence-corrected chi connectivity index (χ3v) is 6.96. The third kappa shape index (κ3) is 7.17. The zero-order valence-electron chi connectivity index (χ0n) is 22.8. The second-order valence-corrected chi connectivity index (χ2v) is 10.4. The van der Waals surface area contributed by atoms with Gasteiger partial charge >= 0.3 is 0 Å². The number of methoxy groups -OCH3 is 1. The maximum Gasteiger partial charge on any atom is 0.242 e. The lowest BCUT2D eigenvalue weighted by molar-refractivity contribution is -0.122. The van der Waals surface area contributed by atoms with Crippen molar-refractivity contribution in [2.75, 3.05) is 40.8 Å². The van der Waals surface area contributed by atoms with Crippen molar-refractivity contribution in [1.82, 2.24) is 29.9 Å². The summed E-state index contributed by atoms with van der Waals surface area (Å²) in [5.74, 6) is 1.88. The number of rotatable bonds is 10. The molecule has 8 heteroatoms. The molecule has 2 aromatic carbocycles. The third-order valence-electron chi connectivity index (χ3n) is 6.96. The van der Waals surface area contributed by atoms with Gasteiger partial charge in [-0.1, -0.05) is 36.4 Å². The summed E-state index contributed by atoms with van der Waals surface area (Å²) in [6.45, 7) is 7.40. The number of benzene rings is 2. The molecule has 0 bridgehead atoms. The van der Waals surface area contributed by atoms with Crippen LogP contribution in [0.15, 0.2) is 48.5 Å². The minimum atomic E-state index is -0.0967. The highest BCUT2D eigenvalue weighted by Gasteiger charge is 2.20. The van der Waals surface area contributed by atoms with Crippen molar-refractivity contribution >= 4 is 5.91 Å². The first kappa shape index (κ1) is 26.8. The monoisotopic (exact) mass is 504 g/mol. The van der Waals surface area contributed by atoms with E-state index in [0.29, 0.717) is 17.7 Å². The van der Waals surface area contributed by atoms with Gasteiger partial charge in [-0.25, -0.2) is 9.67 Å². The number of hydrogen-bond donors (Lipinski definition) is 1. The highest BCUT2D eigenvalue weighted by molar-refractivity contribution is 5.77. The van der Waals surface area contributed by atoms with Crippen LogP contribution in [0.1, 0.15) is 32.3 Å². The maximum absolute atomic E-state index is 12.5. The summed E-state index contributed by atoms with van der Waals surface area (Å²) in [5, 5.41) is 7.66. The molecular formula is C29H40N6O2.